The van der Waals surface area contributed by atoms with E-state index in [0.29, 0.717) is 22.4 Å². The molecule has 1 fully saturated rings. The van der Waals surface area contributed by atoms with Crippen molar-refractivity contribution < 1.29 is 57.1 Å². The monoisotopic (exact) mass is 572 g/mol. The average molecular weight is 573 g/mol. The third kappa shape index (κ3) is 7.01. The number of methoxy groups -OCH3 is 3. The van der Waals surface area contributed by atoms with Crippen molar-refractivity contribution in [1.82, 2.24) is 0 Å². The average Bonchev–Trinajstić information content (AvgIpc) is 2.94. The Morgan fingerprint density at radius 2 is 1.20 bits per heavy atom. The summed E-state index contributed by atoms with van der Waals surface area (Å²) in [5.74, 6) is -3.41. The van der Waals surface area contributed by atoms with Gasteiger partial charge < -0.3 is 33.2 Å². The molecular formula is C29H32O12. The second-order valence-corrected chi connectivity index (χ2v) is 9.18. The van der Waals surface area contributed by atoms with Crippen molar-refractivity contribution >= 4 is 29.7 Å². The molecule has 12 nitrogen and oxygen atoms in total. The molecule has 0 N–H and O–H groups in total. The van der Waals surface area contributed by atoms with Crippen LogP contribution >= 0.6 is 0 Å². The highest BCUT2D eigenvalue weighted by Crippen LogP contribution is 2.42. The number of Topliss-reactive ketones (excluding diaryl/α,β-unsaturated/α-hetero) is 1. The van der Waals surface area contributed by atoms with Gasteiger partial charge in [-0.3, -0.25) is 19.2 Å². The molecule has 220 valence electrons. The molecule has 2 aromatic rings. The fourth-order valence-corrected chi connectivity index (χ4v) is 4.67. The molecule has 1 aliphatic heterocycles. The Hall–Kier alpha value is -4.45. The first-order valence-electron chi connectivity index (χ1n) is 12.6. The summed E-state index contributed by atoms with van der Waals surface area (Å²) in [7, 11) is 3.91. The number of hydrogen-bond donors (Lipinski definition) is 0. The van der Waals surface area contributed by atoms with Gasteiger partial charge in [0, 0.05) is 26.3 Å². The molecular weight excluding hydrogens is 540 g/mol. The van der Waals surface area contributed by atoms with Crippen LogP contribution in [0.25, 0.3) is 11.1 Å². The largest absolute Gasteiger partial charge is 0.496 e. The van der Waals surface area contributed by atoms with Gasteiger partial charge in [0.2, 0.25) is 0 Å². The fraction of sp³-hybridized carbons (Fsp3) is 0.414. The molecule has 1 saturated heterocycles. The molecule has 2 aromatic carbocycles. The minimum atomic E-state index is -1.23. The van der Waals surface area contributed by atoms with Crippen LogP contribution < -0.4 is 9.47 Å². The Morgan fingerprint density at radius 1 is 0.683 bits per heavy atom. The van der Waals surface area contributed by atoms with Gasteiger partial charge >= 0.3 is 23.9 Å². The summed E-state index contributed by atoms with van der Waals surface area (Å²) in [6.45, 7) is 5.20. The molecule has 0 aliphatic carbocycles. The Morgan fingerprint density at radius 3 is 1.73 bits per heavy atom. The Bertz CT molecular complexity index is 1330. The zero-order valence-corrected chi connectivity index (χ0v) is 23.7. The lowest BCUT2D eigenvalue weighted by atomic mass is 9.88. The molecule has 1 heterocycles. The molecule has 0 spiro atoms. The SMILES string of the molecule is COC(=O)C(=O)c1cc(-c2ccc(OC)c([C@H]3O[C@@H](C)[C@@H](OC(C)=O)[C@@H](OC(C)=O)[C@@H]3OC(C)=O)c2)ccc1OC. The number of ketones is 1. The first kappa shape index (κ1) is 31.1. The molecule has 0 saturated carbocycles. The van der Waals surface area contributed by atoms with Crippen molar-refractivity contribution in [3.63, 3.8) is 0 Å². The number of carbonyl (C=O) groups is 5. The van der Waals surface area contributed by atoms with Crippen LogP contribution in [0.15, 0.2) is 36.4 Å². The van der Waals surface area contributed by atoms with E-state index in [1.54, 1.807) is 31.2 Å². The topological polar surface area (TPSA) is 150 Å². The molecule has 3 rings (SSSR count). The van der Waals surface area contributed by atoms with Crippen LogP contribution in [0.3, 0.4) is 0 Å². The highest BCUT2D eigenvalue weighted by atomic mass is 16.6. The maximum Gasteiger partial charge on any atom is 0.379 e. The number of rotatable bonds is 9. The van der Waals surface area contributed by atoms with Gasteiger partial charge in [-0.2, -0.15) is 0 Å². The Balaban J connectivity index is 2.17. The lowest BCUT2D eigenvalue weighted by molar-refractivity contribution is -0.245. The summed E-state index contributed by atoms with van der Waals surface area (Å²) >= 11 is 0. The van der Waals surface area contributed by atoms with Crippen LogP contribution in [0.2, 0.25) is 0 Å². The summed E-state index contributed by atoms with van der Waals surface area (Å²) in [4.78, 5) is 60.7. The number of benzene rings is 2. The number of ether oxygens (including phenoxy) is 7. The fourth-order valence-electron chi connectivity index (χ4n) is 4.67. The van der Waals surface area contributed by atoms with Crippen molar-refractivity contribution in [2.45, 2.75) is 58.2 Å². The zero-order chi connectivity index (χ0) is 30.4. The Kier molecular flexibility index (Phi) is 10.1. The van der Waals surface area contributed by atoms with E-state index < -0.39 is 60.2 Å². The number of carbonyl (C=O) groups excluding carboxylic acids is 5. The lowest BCUT2D eigenvalue weighted by Gasteiger charge is -2.44. The van der Waals surface area contributed by atoms with E-state index in [2.05, 4.69) is 4.74 Å². The highest BCUT2D eigenvalue weighted by Gasteiger charge is 2.51. The van der Waals surface area contributed by atoms with Gasteiger partial charge in [0.15, 0.2) is 18.3 Å². The second-order valence-electron chi connectivity index (χ2n) is 9.18. The van der Waals surface area contributed by atoms with E-state index in [4.69, 9.17) is 28.4 Å². The van der Waals surface area contributed by atoms with E-state index in [9.17, 15) is 24.0 Å². The molecule has 0 amide bonds. The van der Waals surface area contributed by atoms with Crippen molar-refractivity contribution in [3.8, 4) is 22.6 Å². The quantitative estimate of drug-likeness (QED) is 0.188. The van der Waals surface area contributed by atoms with Gasteiger partial charge in [-0.15, -0.1) is 0 Å². The van der Waals surface area contributed by atoms with Crippen LogP contribution in [0, 0.1) is 0 Å². The third-order valence-electron chi connectivity index (χ3n) is 6.36. The Labute approximate surface area is 236 Å². The molecule has 1 aliphatic rings. The smallest absolute Gasteiger partial charge is 0.379 e. The van der Waals surface area contributed by atoms with Crippen molar-refractivity contribution in [2.75, 3.05) is 21.3 Å². The summed E-state index contributed by atoms with van der Waals surface area (Å²) in [5, 5.41) is 0. The number of esters is 4. The van der Waals surface area contributed by atoms with Crippen LogP contribution in [0.4, 0.5) is 0 Å². The summed E-state index contributed by atoms with van der Waals surface area (Å²) in [5.41, 5.74) is 1.52. The van der Waals surface area contributed by atoms with Gasteiger partial charge in [0.1, 0.15) is 17.6 Å². The second kappa shape index (κ2) is 13.3. The van der Waals surface area contributed by atoms with Crippen molar-refractivity contribution in [3.05, 3.63) is 47.5 Å². The van der Waals surface area contributed by atoms with Crippen LogP contribution in [0.1, 0.15) is 49.7 Å². The van der Waals surface area contributed by atoms with Crippen LogP contribution in [-0.2, 0) is 42.9 Å². The minimum absolute atomic E-state index is 0.00584. The molecule has 0 radical (unpaired) electrons. The summed E-state index contributed by atoms with van der Waals surface area (Å²) in [6.07, 6.45) is -5.33. The molecule has 41 heavy (non-hydrogen) atoms. The van der Waals surface area contributed by atoms with E-state index in [1.807, 2.05) is 0 Å². The van der Waals surface area contributed by atoms with Crippen LogP contribution in [0.5, 0.6) is 11.5 Å². The molecule has 5 atom stereocenters. The first-order valence-corrected chi connectivity index (χ1v) is 12.6. The minimum Gasteiger partial charge on any atom is -0.496 e. The van der Waals surface area contributed by atoms with E-state index in [0.717, 1.165) is 7.11 Å². The molecule has 12 heteroatoms. The van der Waals surface area contributed by atoms with Gasteiger partial charge in [-0.05, 0) is 42.3 Å². The standard InChI is InChI=1S/C29H32O12/c1-14-25(39-15(2)30)27(40-16(3)31)28(41-17(4)32)26(38-14)21-13-19(9-11-23(21)36-6)18-8-10-22(35-5)20(12-18)24(33)29(34)37-7/h8-14,25-28H,1-7H3/t14-,25+,26+,27+,28+/m0/s1. The third-order valence-corrected chi connectivity index (χ3v) is 6.36. The molecule has 0 aromatic heterocycles. The van der Waals surface area contributed by atoms with E-state index in [1.165, 1.54) is 47.1 Å². The number of hydrogen-bond acceptors (Lipinski definition) is 12. The highest BCUT2D eigenvalue weighted by molar-refractivity contribution is 6.41. The van der Waals surface area contributed by atoms with Crippen LogP contribution in [-0.4, -0.2) is 75.4 Å². The lowest BCUT2D eigenvalue weighted by Crippen LogP contribution is -2.57. The summed E-state index contributed by atoms with van der Waals surface area (Å²) in [6, 6.07) is 9.76. The van der Waals surface area contributed by atoms with Gasteiger partial charge in [0.25, 0.3) is 5.78 Å². The maximum atomic E-state index is 12.6. The van der Waals surface area contributed by atoms with Gasteiger partial charge in [-0.1, -0.05) is 12.1 Å². The molecule has 0 unspecified atom stereocenters. The summed E-state index contributed by atoms with van der Waals surface area (Å²) < 4.78 is 38.2. The van der Waals surface area contributed by atoms with E-state index in [-0.39, 0.29) is 11.3 Å². The predicted molar refractivity (Wildman–Crippen MR) is 141 cm³/mol. The van der Waals surface area contributed by atoms with Gasteiger partial charge in [0.05, 0.1) is 33.0 Å². The predicted octanol–water partition coefficient (Wildman–Crippen LogP) is 2.98. The van der Waals surface area contributed by atoms with Gasteiger partial charge in [-0.25, -0.2) is 4.79 Å². The maximum absolute atomic E-state index is 12.6. The van der Waals surface area contributed by atoms with E-state index >= 15 is 0 Å². The van der Waals surface area contributed by atoms with Crippen molar-refractivity contribution in [2.24, 2.45) is 0 Å². The normalized spacial score (nSPS) is 21.7. The zero-order valence-electron chi connectivity index (χ0n) is 23.7. The molecule has 0 bridgehead atoms. The first-order chi connectivity index (χ1) is 19.4. The van der Waals surface area contributed by atoms with Crippen molar-refractivity contribution in [1.29, 1.82) is 0 Å².